The molecule has 19 heavy (non-hydrogen) atoms. The minimum absolute atomic E-state index is 0.0575. The second-order valence-corrected chi connectivity index (χ2v) is 3.98. The maximum Gasteiger partial charge on any atom is 0.416 e. The molecule has 0 atom stereocenters. The van der Waals surface area contributed by atoms with Crippen LogP contribution in [0, 0.1) is 0 Å². The van der Waals surface area contributed by atoms with Crippen LogP contribution in [0.4, 0.5) is 13.2 Å². The molecule has 2 N–H and O–H groups in total. The Morgan fingerprint density at radius 3 is 2.47 bits per heavy atom. The third kappa shape index (κ3) is 5.08. The highest BCUT2D eigenvalue weighted by Gasteiger charge is 2.33. The average molecular weight is 277 g/mol. The summed E-state index contributed by atoms with van der Waals surface area (Å²) in [7, 11) is 0. The van der Waals surface area contributed by atoms with E-state index in [0.29, 0.717) is 13.2 Å². The van der Waals surface area contributed by atoms with Crippen molar-refractivity contribution in [1.29, 1.82) is 0 Å². The van der Waals surface area contributed by atoms with Gasteiger partial charge in [-0.15, -0.1) is 0 Å². The van der Waals surface area contributed by atoms with Crippen molar-refractivity contribution in [2.45, 2.75) is 26.1 Å². The van der Waals surface area contributed by atoms with E-state index < -0.39 is 11.7 Å². The Balaban J connectivity index is 2.65. The molecule has 0 amide bonds. The fourth-order valence-electron chi connectivity index (χ4n) is 1.55. The van der Waals surface area contributed by atoms with E-state index in [1.165, 1.54) is 12.1 Å². The molecule has 0 unspecified atom stereocenters. The first kappa shape index (κ1) is 15.8. The number of hydrogen-bond acceptors (Lipinski definition) is 3. The van der Waals surface area contributed by atoms with Crippen LogP contribution in [0.15, 0.2) is 18.2 Å². The fraction of sp³-hybridized carbons (Fsp3) is 0.538. The molecule has 0 bridgehead atoms. The zero-order valence-electron chi connectivity index (χ0n) is 10.8. The first-order chi connectivity index (χ1) is 8.99. The van der Waals surface area contributed by atoms with Crippen LogP contribution in [0.1, 0.15) is 24.5 Å². The normalized spacial score (nSPS) is 11.6. The van der Waals surface area contributed by atoms with Gasteiger partial charge in [-0.1, -0.05) is 13.0 Å². The number of rotatable bonds is 7. The van der Waals surface area contributed by atoms with E-state index in [9.17, 15) is 13.2 Å². The van der Waals surface area contributed by atoms with E-state index in [0.717, 1.165) is 12.5 Å². The molecule has 0 spiro atoms. The highest BCUT2D eigenvalue weighted by Crippen LogP contribution is 2.34. The highest BCUT2D eigenvalue weighted by molar-refractivity contribution is 5.37. The summed E-state index contributed by atoms with van der Waals surface area (Å²) in [6.07, 6.45) is -3.53. The Morgan fingerprint density at radius 1 is 1.16 bits per heavy atom. The molecule has 0 fully saturated rings. The second-order valence-electron chi connectivity index (χ2n) is 3.98. The molecular formula is C13H18F3NO2. The van der Waals surface area contributed by atoms with Gasteiger partial charge in [-0.3, -0.25) is 0 Å². The van der Waals surface area contributed by atoms with Gasteiger partial charge in [0.1, 0.15) is 12.4 Å². The van der Waals surface area contributed by atoms with Crippen molar-refractivity contribution in [3.05, 3.63) is 29.3 Å². The molecule has 0 aliphatic carbocycles. The molecule has 1 aromatic carbocycles. The Morgan fingerprint density at radius 2 is 1.89 bits per heavy atom. The van der Waals surface area contributed by atoms with Gasteiger partial charge in [0.2, 0.25) is 0 Å². The van der Waals surface area contributed by atoms with Crippen molar-refractivity contribution in [2.75, 3.05) is 19.8 Å². The van der Waals surface area contributed by atoms with Crippen LogP contribution in [-0.4, -0.2) is 19.8 Å². The molecule has 0 saturated carbocycles. The molecule has 0 radical (unpaired) electrons. The van der Waals surface area contributed by atoms with Crippen LogP contribution < -0.4 is 10.5 Å². The topological polar surface area (TPSA) is 44.5 Å². The van der Waals surface area contributed by atoms with Crippen LogP contribution in [0.5, 0.6) is 5.75 Å². The van der Waals surface area contributed by atoms with Gasteiger partial charge in [-0.25, -0.2) is 0 Å². The lowest BCUT2D eigenvalue weighted by Gasteiger charge is -2.14. The van der Waals surface area contributed by atoms with Crippen LogP contribution in [-0.2, 0) is 17.5 Å². The molecule has 0 saturated heterocycles. The molecule has 0 aliphatic heterocycles. The highest BCUT2D eigenvalue weighted by atomic mass is 19.4. The molecule has 0 aromatic heterocycles. The first-order valence-electron chi connectivity index (χ1n) is 6.09. The van der Waals surface area contributed by atoms with E-state index >= 15 is 0 Å². The quantitative estimate of drug-likeness (QED) is 0.779. The van der Waals surface area contributed by atoms with Gasteiger partial charge >= 0.3 is 6.18 Å². The van der Waals surface area contributed by atoms with Gasteiger partial charge in [0.15, 0.2) is 0 Å². The fourth-order valence-corrected chi connectivity index (χ4v) is 1.55. The van der Waals surface area contributed by atoms with E-state index in [4.69, 9.17) is 15.2 Å². The molecule has 108 valence electrons. The van der Waals surface area contributed by atoms with Crippen molar-refractivity contribution >= 4 is 0 Å². The van der Waals surface area contributed by atoms with E-state index in [1.807, 2.05) is 6.92 Å². The van der Waals surface area contributed by atoms with Gasteiger partial charge in [0.25, 0.3) is 0 Å². The van der Waals surface area contributed by atoms with Gasteiger partial charge in [0, 0.05) is 13.2 Å². The predicted molar refractivity (Wildman–Crippen MR) is 65.9 cm³/mol. The van der Waals surface area contributed by atoms with Crippen molar-refractivity contribution in [1.82, 2.24) is 0 Å². The van der Waals surface area contributed by atoms with Crippen LogP contribution in [0.25, 0.3) is 0 Å². The van der Waals surface area contributed by atoms with E-state index in [2.05, 4.69) is 0 Å². The maximum absolute atomic E-state index is 12.8. The van der Waals surface area contributed by atoms with Crippen molar-refractivity contribution < 1.29 is 22.6 Å². The number of ether oxygens (including phenoxy) is 2. The zero-order valence-corrected chi connectivity index (χ0v) is 10.8. The second kappa shape index (κ2) is 7.35. The monoisotopic (exact) mass is 277 g/mol. The zero-order chi connectivity index (χ0) is 14.3. The molecule has 1 aromatic rings. The summed E-state index contributed by atoms with van der Waals surface area (Å²) < 4.78 is 48.7. The molecular weight excluding hydrogens is 259 g/mol. The average Bonchev–Trinajstić information content (AvgIpc) is 2.37. The van der Waals surface area contributed by atoms with Gasteiger partial charge in [0.05, 0.1) is 12.2 Å². The smallest absolute Gasteiger partial charge is 0.416 e. The number of halogens is 3. The predicted octanol–water partition coefficient (Wildman–Crippen LogP) is 2.97. The SMILES string of the molecule is CCCOCCOc1ccc(CN)c(C(F)(F)F)c1. The summed E-state index contributed by atoms with van der Waals surface area (Å²) in [4.78, 5) is 0. The summed E-state index contributed by atoms with van der Waals surface area (Å²) in [6.45, 7) is 3.01. The summed E-state index contributed by atoms with van der Waals surface area (Å²) in [5.74, 6) is 0.171. The van der Waals surface area contributed by atoms with Crippen LogP contribution >= 0.6 is 0 Å². The Kier molecular flexibility index (Phi) is 6.11. The molecule has 1 rings (SSSR count). The van der Waals surface area contributed by atoms with Gasteiger partial charge in [-0.05, 0) is 24.1 Å². The van der Waals surface area contributed by atoms with Crippen LogP contribution in [0.2, 0.25) is 0 Å². The third-order valence-corrected chi connectivity index (χ3v) is 2.45. The molecule has 3 nitrogen and oxygen atoms in total. The maximum atomic E-state index is 12.8. The summed E-state index contributed by atoms with van der Waals surface area (Å²) >= 11 is 0. The Labute approximate surface area is 110 Å². The van der Waals surface area contributed by atoms with Gasteiger partial charge < -0.3 is 15.2 Å². The lowest BCUT2D eigenvalue weighted by Crippen LogP contribution is -2.13. The lowest BCUT2D eigenvalue weighted by atomic mass is 10.1. The number of hydrogen-bond donors (Lipinski definition) is 1. The molecule has 0 heterocycles. The van der Waals surface area contributed by atoms with E-state index in [1.54, 1.807) is 0 Å². The van der Waals surface area contributed by atoms with Crippen molar-refractivity contribution in [3.63, 3.8) is 0 Å². The number of alkyl halides is 3. The Hall–Kier alpha value is -1.27. The molecule has 0 aliphatic rings. The lowest BCUT2D eigenvalue weighted by molar-refractivity contribution is -0.138. The minimum Gasteiger partial charge on any atom is -0.491 e. The van der Waals surface area contributed by atoms with Crippen molar-refractivity contribution in [3.8, 4) is 5.75 Å². The van der Waals surface area contributed by atoms with Crippen molar-refractivity contribution in [2.24, 2.45) is 5.73 Å². The first-order valence-corrected chi connectivity index (χ1v) is 6.09. The standard InChI is InChI=1S/C13H18F3NO2/c1-2-5-18-6-7-19-11-4-3-10(9-17)12(8-11)13(14,15)16/h3-4,8H,2,5-7,9,17H2,1H3. The van der Waals surface area contributed by atoms with E-state index in [-0.39, 0.29) is 24.5 Å². The summed E-state index contributed by atoms with van der Waals surface area (Å²) in [5, 5.41) is 0. The number of nitrogens with two attached hydrogens (primary N) is 1. The number of benzene rings is 1. The molecule has 6 heteroatoms. The van der Waals surface area contributed by atoms with Crippen LogP contribution in [0.3, 0.4) is 0 Å². The summed E-state index contributed by atoms with van der Waals surface area (Å²) in [5.41, 5.74) is 4.60. The largest absolute Gasteiger partial charge is 0.491 e. The third-order valence-electron chi connectivity index (χ3n) is 2.45. The van der Waals surface area contributed by atoms with Gasteiger partial charge in [-0.2, -0.15) is 13.2 Å². The summed E-state index contributed by atoms with van der Waals surface area (Å²) in [6, 6.07) is 3.80. The Bertz CT molecular complexity index is 394. The minimum atomic E-state index is -4.42.